The van der Waals surface area contributed by atoms with E-state index < -0.39 is 10.2 Å². The van der Waals surface area contributed by atoms with Crippen molar-refractivity contribution in [1.82, 2.24) is 4.72 Å². The highest BCUT2D eigenvalue weighted by Crippen LogP contribution is 2.23. The van der Waals surface area contributed by atoms with E-state index in [-0.39, 0.29) is 6.04 Å². The highest BCUT2D eigenvalue weighted by molar-refractivity contribution is 7.87. The van der Waals surface area contributed by atoms with Gasteiger partial charge in [0.05, 0.1) is 0 Å². The average Bonchev–Trinajstić information content (AvgIpc) is 2.25. The van der Waals surface area contributed by atoms with Crippen LogP contribution in [0, 0.1) is 0 Å². The number of nitrogens with one attached hydrogen (secondary N) is 2. The van der Waals surface area contributed by atoms with Crippen molar-refractivity contribution in [3.8, 4) is 0 Å². The number of anilines is 1. The molecule has 0 radical (unpaired) electrons. The summed E-state index contributed by atoms with van der Waals surface area (Å²) in [6.07, 6.45) is 1.86. The number of nitrogens with two attached hydrogens (primary N) is 1. The molecule has 6 heteroatoms. The minimum Gasteiger partial charge on any atom is -0.381 e. The number of rotatable bonds is 3. The van der Waals surface area contributed by atoms with Crippen molar-refractivity contribution < 1.29 is 8.42 Å². The van der Waals surface area contributed by atoms with Crippen molar-refractivity contribution in [3.63, 3.8) is 0 Å². The van der Waals surface area contributed by atoms with E-state index in [1.165, 1.54) is 5.56 Å². The molecule has 0 saturated heterocycles. The molecule has 0 aromatic heterocycles. The van der Waals surface area contributed by atoms with Gasteiger partial charge in [0.1, 0.15) is 0 Å². The van der Waals surface area contributed by atoms with Crippen molar-refractivity contribution in [2.75, 3.05) is 11.9 Å². The zero-order valence-electron chi connectivity index (χ0n) is 8.81. The molecule has 0 saturated carbocycles. The van der Waals surface area contributed by atoms with Gasteiger partial charge in [-0.15, -0.1) is 0 Å². The Morgan fingerprint density at radius 2 is 2.19 bits per heavy atom. The van der Waals surface area contributed by atoms with Crippen molar-refractivity contribution >= 4 is 15.9 Å². The maximum atomic E-state index is 10.8. The molecule has 4 N–H and O–H groups in total. The number of benzene rings is 1. The van der Waals surface area contributed by atoms with Crippen LogP contribution in [0.15, 0.2) is 24.3 Å². The molecule has 0 aliphatic carbocycles. The Labute approximate surface area is 95.2 Å². The van der Waals surface area contributed by atoms with Crippen LogP contribution in [0.1, 0.15) is 12.0 Å². The van der Waals surface area contributed by atoms with Crippen LogP contribution in [-0.2, 0) is 16.6 Å². The van der Waals surface area contributed by atoms with Gasteiger partial charge in [0.15, 0.2) is 0 Å². The third-order valence-electron chi connectivity index (χ3n) is 2.67. The molecule has 88 valence electrons. The molecule has 1 aromatic carbocycles. The van der Waals surface area contributed by atoms with E-state index in [9.17, 15) is 8.42 Å². The summed E-state index contributed by atoms with van der Waals surface area (Å²) in [5.41, 5.74) is 2.35. The van der Waals surface area contributed by atoms with Gasteiger partial charge in [-0.3, -0.25) is 0 Å². The molecular formula is C10H15N3O2S. The lowest BCUT2D eigenvalue weighted by atomic mass is 9.98. The maximum Gasteiger partial charge on any atom is 0.274 e. The molecule has 1 aliphatic heterocycles. The summed E-state index contributed by atoms with van der Waals surface area (Å²) in [7, 11) is -3.59. The monoisotopic (exact) mass is 241 g/mol. The Balaban J connectivity index is 1.98. The molecule has 1 atom stereocenters. The van der Waals surface area contributed by atoms with Gasteiger partial charge in [0.2, 0.25) is 0 Å². The van der Waals surface area contributed by atoms with Gasteiger partial charge >= 0.3 is 0 Å². The fourth-order valence-electron chi connectivity index (χ4n) is 1.87. The first-order chi connectivity index (χ1) is 7.54. The van der Waals surface area contributed by atoms with E-state index in [4.69, 9.17) is 5.14 Å². The predicted molar refractivity (Wildman–Crippen MR) is 63.3 cm³/mol. The van der Waals surface area contributed by atoms with E-state index in [0.29, 0.717) is 6.54 Å². The number of para-hydroxylation sites is 1. The van der Waals surface area contributed by atoms with Crippen LogP contribution in [-0.4, -0.2) is 21.0 Å². The first kappa shape index (κ1) is 11.4. The Hall–Kier alpha value is -1.11. The van der Waals surface area contributed by atoms with E-state index in [1.54, 1.807) is 0 Å². The molecule has 0 spiro atoms. The lowest BCUT2D eigenvalue weighted by Crippen LogP contribution is -2.41. The molecule has 0 amide bonds. The van der Waals surface area contributed by atoms with E-state index in [2.05, 4.69) is 16.1 Å². The summed E-state index contributed by atoms with van der Waals surface area (Å²) >= 11 is 0. The average molecular weight is 241 g/mol. The highest BCUT2D eigenvalue weighted by atomic mass is 32.2. The zero-order valence-corrected chi connectivity index (χ0v) is 9.63. The smallest absolute Gasteiger partial charge is 0.274 e. The van der Waals surface area contributed by atoms with Crippen LogP contribution >= 0.6 is 0 Å². The number of hydrogen-bond acceptors (Lipinski definition) is 3. The SMILES string of the molecule is NS(=O)(=O)NC[C@H]1CCc2ccccc2N1. The van der Waals surface area contributed by atoms with E-state index in [0.717, 1.165) is 18.5 Å². The van der Waals surface area contributed by atoms with Crippen LogP contribution in [0.4, 0.5) is 5.69 Å². The van der Waals surface area contributed by atoms with Gasteiger partial charge < -0.3 is 5.32 Å². The lowest BCUT2D eigenvalue weighted by molar-refractivity contribution is 0.564. The molecule has 5 nitrogen and oxygen atoms in total. The predicted octanol–water partition coefficient (Wildman–Crippen LogP) is 0.206. The zero-order chi connectivity index (χ0) is 11.6. The second-order valence-electron chi connectivity index (χ2n) is 3.93. The largest absolute Gasteiger partial charge is 0.381 e. The summed E-state index contributed by atoms with van der Waals surface area (Å²) in [6.45, 7) is 0.327. The van der Waals surface area contributed by atoms with Gasteiger partial charge in [-0.1, -0.05) is 18.2 Å². The second-order valence-corrected chi connectivity index (χ2v) is 5.31. The standard InChI is InChI=1S/C10H15N3O2S/c11-16(14,15)12-7-9-6-5-8-3-1-2-4-10(8)13-9/h1-4,9,12-13H,5-7H2,(H2,11,14,15)/t9-/m1/s1. The van der Waals surface area contributed by atoms with Crippen molar-refractivity contribution in [1.29, 1.82) is 0 Å². The lowest BCUT2D eigenvalue weighted by Gasteiger charge is -2.26. The van der Waals surface area contributed by atoms with Gasteiger partial charge in [0.25, 0.3) is 10.2 Å². The van der Waals surface area contributed by atoms with Crippen molar-refractivity contribution in [2.24, 2.45) is 5.14 Å². The molecule has 1 aromatic rings. The molecule has 0 fully saturated rings. The summed E-state index contributed by atoms with van der Waals surface area (Å²) in [5.74, 6) is 0. The Kier molecular flexibility index (Phi) is 3.13. The molecule has 0 unspecified atom stereocenters. The summed E-state index contributed by atoms with van der Waals surface area (Å²) in [4.78, 5) is 0. The van der Waals surface area contributed by atoms with Gasteiger partial charge in [-0.25, -0.2) is 9.86 Å². The topological polar surface area (TPSA) is 84.2 Å². The second kappa shape index (κ2) is 4.40. The third kappa shape index (κ3) is 2.94. The van der Waals surface area contributed by atoms with Gasteiger partial charge in [-0.2, -0.15) is 8.42 Å². The van der Waals surface area contributed by atoms with Crippen LogP contribution in [0.25, 0.3) is 0 Å². The molecular weight excluding hydrogens is 226 g/mol. The summed E-state index contributed by atoms with van der Waals surface area (Å²) in [6, 6.07) is 8.14. The van der Waals surface area contributed by atoms with Crippen LogP contribution in [0.3, 0.4) is 0 Å². The molecule has 2 rings (SSSR count). The Bertz CT molecular complexity index is 473. The normalized spacial score (nSPS) is 19.9. The number of aryl methyl sites for hydroxylation is 1. The molecule has 1 aliphatic rings. The first-order valence-corrected chi connectivity index (χ1v) is 6.71. The minimum atomic E-state index is -3.59. The molecule has 16 heavy (non-hydrogen) atoms. The quantitative estimate of drug-likeness (QED) is 0.707. The fourth-order valence-corrected chi connectivity index (χ4v) is 2.30. The highest BCUT2D eigenvalue weighted by Gasteiger charge is 2.17. The minimum absolute atomic E-state index is 0.105. The molecule has 1 heterocycles. The van der Waals surface area contributed by atoms with E-state index >= 15 is 0 Å². The Morgan fingerprint density at radius 1 is 1.44 bits per heavy atom. The maximum absolute atomic E-state index is 10.8. The summed E-state index contributed by atoms with van der Waals surface area (Å²) < 4.78 is 23.8. The first-order valence-electron chi connectivity index (χ1n) is 5.16. The summed E-state index contributed by atoms with van der Waals surface area (Å²) in [5, 5.41) is 8.17. The van der Waals surface area contributed by atoms with Crippen LogP contribution in [0.5, 0.6) is 0 Å². The van der Waals surface area contributed by atoms with Gasteiger partial charge in [0, 0.05) is 18.3 Å². The van der Waals surface area contributed by atoms with E-state index in [1.807, 2.05) is 18.2 Å². The van der Waals surface area contributed by atoms with Crippen molar-refractivity contribution in [3.05, 3.63) is 29.8 Å². The number of hydrogen-bond donors (Lipinski definition) is 3. The third-order valence-corrected chi connectivity index (χ3v) is 3.24. The van der Waals surface area contributed by atoms with Crippen LogP contribution < -0.4 is 15.2 Å². The number of fused-ring (bicyclic) bond motifs is 1. The van der Waals surface area contributed by atoms with Gasteiger partial charge in [-0.05, 0) is 24.5 Å². The van der Waals surface area contributed by atoms with Crippen LogP contribution in [0.2, 0.25) is 0 Å². The Morgan fingerprint density at radius 3 is 2.94 bits per heavy atom. The molecule has 0 bridgehead atoms. The van der Waals surface area contributed by atoms with Crippen molar-refractivity contribution in [2.45, 2.75) is 18.9 Å². The fraction of sp³-hybridized carbons (Fsp3) is 0.400.